The number of sulfonamides is 1. The number of nitrogens with zero attached hydrogens (tertiary/aromatic N) is 2. The number of aryl methyl sites for hydroxylation is 2. The third-order valence-electron chi connectivity index (χ3n) is 5.48. The fourth-order valence-corrected chi connectivity index (χ4v) is 5.32. The molecule has 1 fully saturated rings. The van der Waals surface area contributed by atoms with Crippen LogP contribution in [0.2, 0.25) is 0 Å². The summed E-state index contributed by atoms with van der Waals surface area (Å²) in [5.41, 5.74) is 0.679. The van der Waals surface area contributed by atoms with Crippen molar-refractivity contribution in [2.75, 3.05) is 19.0 Å². The molecule has 1 aromatic carbocycles. The number of carbonyl (C=O) groups is 2. The molecule has 1 heterocycles. The highest BCUT2D eigenvalue weighted by atomic mass is 32.2. The number of para-hydroxylation sites is 1. The van der Waals surface area contributed by atoms with Crippen molar-refractivity contribution in [3.63, 3.8) is 0 Å². The van der Waals surface area contributed by atoms with Crippen LogP contribution >= 0.6 is 0 Å². The lowest BCUT2D eigenvalue weighted by molar-refractivity contribution is -0.119. The van der Waals surface area contributed by atoms with Gasteiger partial charge in [0.2, 0.25) is 10.0 Å². The number of hydrogen-bond acceptors (Lipinski definition) is 7. The molecule has 0 spiro atoms. The Bertz CT molecular complexity index is 1040. The quantitative estimate of drug-likeness (QED) is 0.645. The van der Waals surface area contributed by atoms with Crippen LogP contribution in [0.1, 0.15) is 53.9 Å². The van der Waals surface area contributed by atoms with Gasteiger partial charge in [-0.05, 0) is 38.8 Å². The van der Waals surface area contributed by atoms with Gasteiger partial charge in [0, 0.05) is 13.1 Å². The first-order valence-electron chi connectivity index (χ1n) is 10.2. The Balaban J connectivity index is 1.70. The van der Waals surface area contributed by atoms with E-state index in [1.807, 2.05) is 0 Å². The average Bonchev–Trinajstić information content (AvgIpc) is 3.10. The maximum Gasteiger partial charge on any atom is 0.344 e. The van der Waals surface area contributed by atoms with Gasteiger partial charge >= 0.3 is 5.97 Å². The Hall–Kier alpha value is -2.72. The fourth-order valence-electron chi connectivity index (χ4n) is 3.75. The van der Waals surface area contributed by atoms with Gasteiger partial charge in [-0.3, -0.25) is 4.79 Å². The number of benzene rings is 1. The van der Waals surface area contributed by atoms with Gasteiger partial charge in [-0.25, -0.2) is 13.2 Å². The Morgan fingerprint density at radius 3 is 2.52 bits per heavy atom. The number of anilines is 1. The van der Waals surface area contributed by atoms with Crippen molar-refractivity contribution >= 4 is 27.6 Å². The van der Waals surface area contributed by atoms with E-state index in [9.17, 15) is 18.0 Å². The third-order valence-corrected chi connectivity index (χ3v) is 7.45. The maximum absolute atomic E-state index is 13.2. The van der Waals surface area contributed by atoms with Crippen LogP contribution in [0.4, 0.5) is 5.69 Å². The van der Waals surface area contributed by atoms with Crippen molar-refractivity contribution in [1.29, 1.82) is 0 Å². The zero-order valence-corrected chi connectivity index (χ0v) is 18.7. The molecule has 1 amide bonds. The van der Waals surface area contributed by atoms with E-state index in [0.717, 1.165) is 32.1 Å². The topological polar surface area (TPSA) is 119 Å². The predicted octanol–water partition coefficient (Wildman–Crippen LogP) is 3.04. The maximum atomic E-state index is 13.2. The lowest BCUT2D eigenvalue weighted by atomic mass is 9.96. The first-order chi connectivity index (χ1) is 14.7. The van der Waals surface area contributed by atoms with Gasteiger partial charge in [0.1, 0.15) is 16.2 Å². The van der Waals surface area contributed by atoms with Gasteiger partial charge in [-0.15, -0.1) is 0 Å². The molecule has 10 heteroatoms. The highest BCUT2D eigenvalue weighted by molar-refractivity contribution is 7.89. The van der Waals surface area contributed by atoms with Crippen LogP contribution in [0, 0.1) is 13.8 Å². The van der Waals surface area contributed by atoms with Crippen molar-refractivity contribution in [3.8, 4) is 0 Å². The largest absolute Gasteiger partial charge is 0.452 e. The standard InChI is InChI=1S/C21H27N3O6S/c1-14-20(15(2)30-23-14)21(26)29-13-19(25)22-17-11-7-8-12-18(17)31(27,28)24(3)16-9-5-4-6-10-16/h7-8,11-12,16H,4-6,9-10,13H2,1-3H3,(H,22,25). The van der Waals surface area contributed by atoms with Gasteiger partial charge in [-0.2, -0.15) is 4.31 Å². The number of aromatic nitrogens is 1. The summed E-state index contributed by atoms with van der Waals surface area (Å²) in [4.78, 5) is 24.6. The molecule has 1 saturated carbocycles. The van der Waals surface area contributed by atoms with Gasteiger partial charge in [0.25, 0.3) is 5.91 Å². The highest BCUT2D eigenvalue weighted by Gasteiger charge is 2.31. The summed E-state index contributed by atoms with van der Waals surface area (Å²) in [6.45, 7) is 2.59. The molecular formula is C21H27N3O6S. The monoisotopic (exact) mass is 449 g/mol. The second kappa shape index (κ2) is 9.61. The van der Waals surface area contributed by atoms with Crippen molar-refractivity contribution in [3.05, 3.63) is 41.3 Å². The molecule has 1 aliphatic carbocycles. The molecule has 0 atom stereocenters. The third kappa shape index (κ3) is 5.13. The van der Waals surface area contributed by atoms with Crippen molar-refractivity contribution in [2.45, 2.75) is 56.9 Å². The summed E-state index contributed by atoms with van der Waals surface area (Å²) in [5.74, 6) is -1.09. The summed E-state index contributed by atoms with van der Waals surface area (Å²) < 4.78 is 37.8. The number of nitrogens with one attached hydrogen (secondary N) is 1. The second-order valence-electron chi connectivity index (χ2n) is 7.63. The second-order valence-corrected chi connectivity index (χ2v) is 9.60. The zero-order chi connectivity index (χ0) is 22.6. The van der Waals surface area contributed by atoms with Crippen LogP contribution in [0.5, 0.6) is 0 Å². The summed E-state index contributed by atoms with van der Waals surface area (Å²) >= 11 is 0. The number of rotatable bonds is 7. The van der Waals surface area contributed by atoms with Gasteiger partial charge < -0.3 is 14.6 Å². The highest BCUT2D eigenvalue weighted by Crippen LogP contribution is 2.29. The first kappa shape index (κ1) is 23.0. The van der Waals surface area contributed by atoms with E-state index in [-0.39, 0.29) is 22.2 Å². The molecule has 1 aliphatic rings. The van der Waals surface area contributed by atoms with E-state index in [1.165, 1.54) is 16.4 Å². The molecule has 9 nitrogen and oxygen atoms in total. The molecule has 31 heavy (non-hydrogen) atoms. The normalized spacial score (nSPS) is 15.1. The minimum atomic E-state index is -3.80. The minimum absolute atomic E-state index is 0.00785. The Morgan fingerprint density at radius 1 is 1.19 bits per heavy atom. The van der Waals surface area contributed by atoms with E-state index in [4.69, 9.17) is 9.26 Å². The number of ether oxygens (including phenoxy) is 1. The number of amides is 1. The number of esters is 1. The number of carbonyl (C=O) groups excluding carboxylic acids is 2. The van der Waals surface area contributed by atoms with Crippen LogP contribution in [-0.4, -0.2) is 49.5 Å². The molecule has 0 radical (unpaired) electrons. The van der Waals surface area contributed by atoms with Crippen molar-refractivity contribution < 1.29 is 27.3 Å². The van der Waals surface area contributed by atoms with Crippen LogP contribution in [0.25, 0.3) is 0 Å². The van der Waals surface area contributed by atoms with Crippen LogP contribution < -0.4 is 5.32 Å². The first-order valence-corrected chi connectivity index (χ1v) is 11.6. The Morgan fingerprint density at radius 2 is 1.87 bits per heavy atom. The SMILES string of the molecule is Cc1noc(C)c1C(=O)OCC(=O)Nc1ccccc1S(=O)(=O)N(C)C1CCCCC1. The van der Waals surface area contributed by atoms with Gasteiger partial charge in [-0.1, -0.05) is 36.6 Å². The summed E-state index contributed by atoms with van der Waals surface area (Å²) in [6.07, 6.45) is 4.76. The van der Waals surface area contributed by atoms with Crippen LogP contribution in [0.15, 0.2) is 33.7 Å². The molecule has 0 bridgehead atoms. The lowest BCUT2D eigenvalue weighted by Crippen LogP contribution is -2.38. The van der Waals surface area contributed by atoms with Gasteiger partial charge in [0.15, 0.2) is 6.61 Å². The molecule has 1 N–H and O–H groups in total. The molecule has 2 aromatic rings. The molecule has 1 aromatic heterocycles. The predicted molar refractivity (Wildman–Crippen MR) is 113 cm³/mol. The molecule has 168 valence electrons. The Kier molecular flexibility index (Phi) is 7.11. The Labute approximate surface area is 181 Å². The smallest absolute Gasteiger partial charge is 0.344 e. The zero-order valence-electron chi connectivity index (χ0n) is 17.9. The lowest BCUT2D eigenvalue weighted by Gasteiger charge is -2.30. The van der Waals surface area contributed by atoms with Gasteiger partial charge in [0.05, 0.1) is 11.4 Å². The molecule has 3 rings (SSSR count). The molecule has 0 saturated heterocycles. The average molecular weight is 450 g/mol. The summed E-state index contributed by atoms with van der Waals surface area (Å²) in [7, 11) is -2.22. The van der Waals surface area contributed by atoms with E-state index < -0.39 is 28.5 Å². The van der Waals surface area contributed by atoms with E-state index in [0.29, 0.717) is 11.5 Å². The molecular weight excluding hydrogens is 422 g/mol. The molecule has 0 aliphatic heterocycles. The van der Waals surface area contributed by atoms with E-state index >= 15 is 0 Å². The summed E-state index contributed by atoms with van der Waals surface area (Å²) in [5, 5.41) is 6.22. The van der Waals surface area contributed by atoms with Crippen LogP contribution in [0.3, 0.4) is 0 Å². The summed E-state index contributed by atoms with van der Waals surface area (Å²) in [6, 6.07) is 6.15. The van der Waals surface area contributed by atoms with Crippen LogP contribution in [-0.2, 0) is 19.6 Å². The van der Waals surface area contributed by atoms with Crippen molar-refractivity contribution in [2.24, 2.45) is 0 Å². The molecule has 0 unspecified atom stereocenters. The van der Waals surface area contributed by atoms with Crippen molar-refractivity contribution in [1.82, 2.24) is 9.46 Å². The fraction of sp³-hybridized carbons (Fsp3) is 0.476. The number of hydrogen-bond donors (Lipinski definition) is 1. The minimum Gasteiger partial charge on any atom is -0.452 e. The van der Waals surface area contributed by atoms with E-state index in [1.54, 1.807) is 33.0 Å². The van der Waals surface area contributed by atoms with E-state index in [2.05, 4.69) is 10.5 Å².